The maximum atomic E-state index is 12.1. The van der Waals surface area contributed by atoms with E-state index < -0.39 is 0 Å². The monoisotopic (exact) mass is 538 g/mol. The molecule has 0 aliphatic carbocycles. The largest absolute Gasteiger partial charge is 0.491 e. The van der Waals surface area contributed by atoms with Crippen molar-refractivity contribution in [2.24, 2.45) is 4.99 Å². The molecule has 0 aliphatic rings. The van der Waals surface area contributed by atoms with E-state index in [9.17, 15) is 4.79 Å². The molecule has 2 aromatic carbocycles. The van der Waals surface area contributed by atoms with Crippen molar-refractivity contribution in [2.45, 2.75) is 39.8 Å². The third-order valence-corrected chi connectivity index (χ3v) is 4.35. The zero-order valence-corrected chi connectivity index (χ0v) is 21.5. The Morgan fingerprint density at radius 3 is 2.39 bits per heavy atom. The molecule has 170 valence electrons. The molecular formula is C24H35IN4O2. The van der Waals surface area contributed by atoms with Crippen molar-refractivity contribution < 1.29 is 9.53 Å². The van der Waals surface area contributed by atoms with Gasteiger partial charge in [-0.15, -0.1) is 24.0 Å². The predicted molar refractivity (Wildman–Crippen MR) is 139 cm³/mol. The number of halogens is 1. The van der Waals surface area contributed by atoms with Crippen molar-refractivity contribution in [1.29, 1.82) is 0 Å². The lowest BCUT2D eigenvalue weighted by molar-refractivity contribution is 0.0827. The molecule has 2 rings (SSSR count). The van der Waals surface area contributed by atoms with Gasteiger partial charge in [0.05, 0.1) is 12.6 Å². The minimum atomic E-state index is 0. The predicted octanol–water partition coefficient (Wildman–Crippen LogP) is 4.09. The molecule has 0 fully saturated rings. The van der Waals surface area contributed by atoms with E-state index in [1.165, 1.54) is 0 Å². The zero-order chi connectivity index (χ0) is 21.9. The van der Waals surface area contributed by atoms with Gasteiger partial charge in [0.2, 0.25) is 0 Å². The Morgan fingerprint density at radius 1 is 1.06 bits per heavy atom. The SMILES string of the molecule is CCNC(=NCc1ccc(OC(C)C)cc1)NCCc1cccc(C(=O)N(C)C)c1.I. The van der Waals surface area contributed by atoms with Crippen LogP contribution in [0.15, 0.2) is 53.5 Å². The molecule has 2 N–H and O–H groups in total. The highest BCUT2D eigenvalue weighted by Crippen LogP contribution is 2.14. The van der Waals surface area contributed by atoms with Gasteiger partial charge in [0.15, 0.2) is 5.96 Å². The van der Waals surface area contributed by atoms with Crippen LogP contribution in [-0.4, -0.2) is 50.1 Å². The number of nitrogens with zero attached hydrogens (tertiary/aromatic N) is 2. The maximum absolute atomic E-state index is 12.1. The molecule has 2 aromatic rings. The van der Waals surface area contributed by atoms with Gasteiger partial charge in [0, 0.05) is 32.7 Å². The molecule has 31 heavy (non-hydrogen) atoms. The van der Waals surface area contributed by atoms with Crippen LogP contribution in [0.1, 0.15) is 42.3 Å². The van der Waals surface area contributed by atoms with Crippen LogP contribution in [0, 0.1) is 0 Å². The Morgan fingerprint density at radius 2 is 1.77 bits per heavy atom. The average molecular weight is 538 g/mol. The van der Waals surface area contributed by atoms with Gasteiger partial charge in [-0.05, 0) is 62.6 Å². The van der Waals surface area contributed by atoms with Gasteiger partial charge in [0.1, 0.15) is 5.75 Å². The van der Waals surface area contributed by atoms with Gasteiger partial charge in [-0.2, -0.15) is 0 Å². The first-order valence-corrected chi connectivity index (χ1v) is 10.5. The summed E-state index contributed by atoms with van der Waals surface area (Å²) >= 11 is 0. The fraction of sp³-hybridized carbons (Fsp3) is 0.417. The molecule has 0 heterocycles. The van der Waals surface area contributed by atoms with E-state index in [-0.39, 0.29) is 36.0 Å². The standard InChI is InChI=1S/C24H34N4O2.HI/c1-6-25-24(27-17-20-10-12-22(13-11-20)30-18(2)3)26-15-14-19-8-7-9-21(16-19)23(29)28(4)5;/h7-13,16,18H,6,14-15,17H2,1-5H3,(H2,25,26,27);1H. The van der Waals surface area contributed by atoms with Crippen LogP contribution >= 0.6 is 24.0 Å². The van der Waals surface area contributed by atoms with E-state index in [2.05, 4.69) is 15.6 Å². The van der Waals surface area contributed by atoms with Crippen LogP contribution in [0.4, 0.5) is 0 Å². The second kappa shape index (κ2) is 13.9. The Labute approximate surface area is 203 Å². The Balaban J connectivity index is 0.00000480. The van der Waals surface area contributed by atoms with E-state index in [0.29, 0.717) is 12.1 Å². The van der Waals surface area contributed by atoms with Crippen molar-refractivity contribution in [3.05, 3.63) is 65.2 Å². The smallest absolute Gasteiger partial charge is 0.253 e. The fourth-order valence-corrected chi connectivity index (χ4v) is 2.90. The number of carbonyl (C=O) groups is 1. The topological polar surface area (TPSA) is 66.0 Å². The van der Waals surface area contributed by atoms with Gasteiger partial charge in [-0.1, -0.05) is 24.3 Å². The summed E-state index contributed by atoms with van der Waals surface area (Å²) in [6, 6.07) is 15.8. The maximum Gasteiger partial charge on any atom is 0.253 e. The first kappa shape index (κ1) is 26.7. The minimum absolute atomic E-state index is 0. The number of aliphatic imine (C=N–C) groups is 1. The minimum Gasteiger partial charge on any atom is -0.491 e. The third-order valence-electron chi connectivity index (χ3n) is 4.35. The molecule has 0 spiro atoms. The van der Waals surface area contributed by atoms with E-state index in [1.54, 1.807) is 19.0 Å². The van der Waals surface area contributed by atoms with E-state index >= 15 is 0 Å². The molecule has 0 bridgehead atoms. The van der Waals surface area contributed by atoms with Crippen molar-refractivity contribution in [2.75, 3.05) is 27.2 Å². The summed E-state index contributed by atoms with van der Waals surface area (Å²) in [5.74, 6) is 1.67. The summed E-state index contributed by atoms with van der Waals surface area (Å²) in [6.45, 7) is 8.19. The zero-order valence-electron chi connectivity index (χ0n) is 19.1. The number of carbonyl (C=O) groups excluding carboxylic acids is 1. The first-order valence-electron chi connectivity index (χ1n) is 10.5. The normalized spacial score (nSPS) is 11.0. The number of amides is 1. The molecule has 1 amide bonds. The van der Waals surface area contributed by atoms with E-state index in [1.807, 2.05) is 69.3 Å². The van der Waals surface area contributed by atoms with Crippen LogP contribution in [0.2, 0.25) is 0 Å². The number of nitrogens with one attached hydrogen (secondary N) is 2. The lowest BCUT2D eigenvalue weighted by Crippen LogP contribution is -2.38. The van der Waals surface area contributed by atoms with Crippen molar-refractivity contribution in [3.63, 3.8) is 0 Å². The molecular weight excluding hydrogens is 503 g/mol. The molecule has 6 nitrogen and oxygen atoms in total. The molecule has 7 heteroatoms. The molecule has 0 radical (unpaired) electrons. The first-order chi connectivity index (χ1) is 14.4. The van der Waals surface area contributed by atoms with Gasteiger partial charge in [-0.25, -0.2) is 4.99 Å². The Kier molecular flexibility index (Phi) is 12.0. The third kappa shape index (κ3) is 9.59. The number of hydrogen-bond acceptors (Lipinski definition) is 3. The summed E-state index contributed by atoms with van der Waals surface area (Å²) in [5, 5.41) is 6.64. The average Bonchev–Trinajstić information content (AvgIpc) is 2.72. The summed E-state index contributed by atoms with van der Waals surface area (Å²) < 4.78 is 5.68. The van der Waals surface area contributed by atoms with Crippen molar-refractivity contribution in [3.8, 4) is 5.75 Å². The number of hydrogen-bond donors (Lipinski definition) is 2. The van der Waals surface area contributed by atoms with Gasteiger partial charge < -0.3 is 20.3 Å². The summed E-state index contributed by atoms with van der Waals surface area (Å²) in [7, 11) is 3.53. The molecule has 0 atom stereocenters. The number of ether oxygens (including phenoxy) is 1. The highest BCUT2D eigenvalue weighted by atomic mass is 127. The second-order valence-corrected chi connectivity index (χ2v) is 7.58. The van der Waals surface area contributed by atoms with E-state index in [0.717, 1.165) is 42.3 Å². The van der Waals surface area contributed by atoms with E-state index in [4.69, 9.17) is 4.74 Å². The molecule has 0 unspecified atom stereocenters. The van der Waals surface area contributed by atoms with Gasteiger partial charge in [-0.3, -0.25) is 4.79 Å². The van der Waals surface area contributed by atoms with Crippen LogP contribution in [-0.2, 0) is 13.0 Å². The van der Waals surface area contributed by atoms with Crippen LogP contribution < -0.4 is 15.4 Å². The molecule has 0 saturated heterocycles. The van der Waals surface area contributed by atoms with Gasteiger partial charge in [0.25, 0.3) is 5.91 Å². The highest BCUT2D eigenvalue weighted by Gasteiger charge is 2.08. The van der Waals surface area contributed by atoms with Crippen LogP contribution in [0.3, 0.4) is 0 Å². The van der Waals surface area contributed by atoms with Crippen molar-refractivity contribution >= 4 is 35.8 Å². The quantitative estimate of drug-likeness (QED) is 0.287. The summed E-state index contributed by atoms with van der Waals surface area (Å²) in [6.07, 6.45) is 0.973. The fourth-order valence-electron chi connectivity index (χ4n) is 2.90. The number of rotatable bonds is 9. The Hall–Kier alpha value is -2.29. The molecule has 0 saturated carbocycles. The summed E-state index contributed by atoms with van der Waals surface area (Å²) in [5.41, 5.74) is 2.95. The highest BCUT2D eigenvalue weighted by molar-refractivity contribution is 14.0. The van der Waals surface area contributed by atoms with Crippen LogP contribution in [0.25, 0.3) is 0 Å². The van der Waals surface area contributed by atoms with Gasteiger partial charge >= 0.3 is 0 Å². The lowest BCUT2D eigenvalue weighted by Gasteiger charge is -2.13. The van der Waals surface area contributed by atoms with Crippen molar-refractivity contribution in [1.82, 2.24) is 15.5 Å². The molecule has 0 aromatic heterocycles. The number of benzene rings is 2. The second-order valence-electron chi connectivity index (χ2n) is 7.58. The van der Waals surface area contributed by atoms with Crippen LogP contribution in [0.5, 0.6) is 5.75 Å². The molecule has 0 aliphatic heterocycles. The Bertz CT molecular complexity index is 836. The lowest BCUT2D eigenvalue weighted by atomic mass is 10.1. The number of guanidine groups is 1. The summed E-state index contributed by atoms with van der Waals surface area (Å²) in [4.78, 5) is 18.4.